The molecule has 0 heterocycles. The highest BCUT2D eigenvalue weighted by Crippen LogP contribution is 2.88. The summed E-state index contributed by atoms with van der Waals surface area (Å²) >= 11 is 0. The molecular weight excluding hydrogens is 637 g/mol. The summed E-state index contributed by atoms with van der Waals surface area (Å²) in [6, 6.07) is 23.8. The Morgan fingerprint density at radius 2 is 0.849 bits per heavy atom. The quantitative estimate of drug-likeness (QED) is 0.161. The van der Waals surface area contributed by atoms with Crippen molar-refractivity contribution in [1.29, 1.82) is 0 Å². The van der Waals surface area contributed by atoms with E-state index in [1.807, 2.05) is 44.5 Å². The molecule has 0 radical (unpaired) electrons. The number of hydrogen-bond donors (Lipinski definition) is 0. The lowest BCUT2D eigenvalue weighted by Gasteiger charge is -2.38. The second-order valence-corrected chi connectivity index (χ2v) is 20.4. The number of hydrogen-bond acceptors (Lipinski definition) is 0. The molecule has 0 aromatic heterocycles. The van der Waals surface area contributed by atoms with Gasteiger partial charge in [0.05, 0.1) is 0 Å². The van der Waals surface area contributed by atoms with E-state index in [-0.39, 0.29) is 10.8 Å². The molecule has 6 aromatic rings. The highest BCUT2D eigenvalue weighted by Gasteiger charge is 2.79. The van der Waals surface area contributed by atoms with Crippen molar-refractivity contribution in [2.24, 2.45) is 29.6 Å². The molecule has 20 rings (SSSR count). The molecule has 6 aromatic carbocycles. The lowest BCUT2D eigenvalue weighted by molar-refractivity contribution is 0.422. The SMILES string of the molecule is C1=C2CC34c5c2c2c6c7c8c9c%10c%11c7c7c%12c%13c%14c%15c7c6c5C%15C(C=C%14CC%13=CC(C%11%12)C5C(c6ccccc6)C%105CC9=CC1C28)C3C4c1ccccc1. The Morgan fingerprint density at radius 3 is 1.32 bits per heavy atom. The first-order chi connectivity index (χ1) is 26.3. The third kappa shape index (κ3) is 1.76. The van der Waals surface area contributed by atoms with Crippen molar-refractivity contribution in [3.63, 3.8) is 0 Å². The van der Waals surface area contributed by atoms with Crippen LogP contribution in [0.15, 0.2) is 85.0 Å². The highest BCUT2D eigenvalue weighted by atomic mass is 14.8. The van der Waals surface area contributed by atoms with Crippen LogP contribution in [0, 0.1) is 29.6 Å². The molecule has 0 nitrogen and oxygen atoms in total. The van der Waals surface area contributed by atoms with Crippen LogP contribution in [0.1, 0.15) is 127 Å². The van der Waals surface area contributed by atoms with Gasteiger partial charge in [-0.3, -0.25) is 0 Å². The molecule has 0 N–H and O–H groups in total. The zero-order chi connectivity index (χ0) is 32.7. The Balaban J connectivity index is 1.06. The molecule has 14 aliphatic carbocycles. The summed E-state index contributed by atoms with van der Waals surface area (Å²) in [6.45, 7) is 0. The van der Waals surface area contributed by atoms with E-state index in [9.17, 15) is 0 Å². The monoisotopic (exact) mass is 666 g/mol. The summed E-state index contributed by atoms with van der Waals surface area (Å²) in [4.78, 5) is 0. The zero-order valence-corrected chi connectivity index (χ0v) is 29.0. The van der Waals surface area contributed by atoms with Gasteiger partial charge >= 0.3 is 0 Å². The smallest absolute Gasteiger partial charge is 0.0212 e. The Morgan fingerprint density at radius 1 is 0.415 bits per heavy atom. The van der Waals surface area contributed by atoms with Crippen LogP contribution < -0.4 is 0 Å². The summed E-state index contributed by atoms with van der Waals surface area (Å²) in [5, 5.41) is 10.7. The van der Waals surface area contributed by atoms with E-state index in [0.717, 1.165) is 0 Å². The number of allylic oxidation sites excluding steroid dienone is 8. The topological polar surface area (TPSA) is 0 Å². The Hall–Kier alpha value is -4.94. The predicted octanol–water partition coefficient (Wildman–Crippen LogP) is 11.5. The van der Waals surface area contributed by atoms with Crippen molar-refractivity contribution in [2.75, 3.05) is 0 Å². The van der Waals surface area contributed by atoms with Crippen LogP contribution in [0.5, 0.6) is 0 Å². The molecule has 2 saturated carbocycles. The molecule has 10 unspecified atom stereocenters. The molecule has 0 bridgehead atoms. The van der Waals surface area contributed by atoms with E-state index < -0.39 is 0 Å². The first kappa shape index (κ1) is 23.7. The van der Waals surface area contributed by atoms with Crippen molar-refractivity contribution in [2.45, 2.75) is 59.7 Å². The van der Waals surface area contributed by atoms with E-state index in [2.05, 4.69) is 85.0 Å². The van der Waals surface area contributed by atoms with Gasteiger partial charge in [-0.2, -0.15) is 0 Å². The van der Waals surface area contributed by atoms with Crippen LogP contribution in [-0.4, -0.2) is 0 Å². The lowest BCUT2D eigenvalue weighted by Crippen LogP contribution is -2.29. The third-order valence-corrected chi connectivity index (χ3v) is 19.6. The lowest BCUT2D eigenvalue weighted by atomic mass is 9.64. The fourth-order valence-corrected chi connectivity index (χ4v) is 19.1. The van der Waals surface area contributed by atoms with Gasteiger partial charge in [-0.25, -0.2) is 0 Å². The minimum atomic E-state index is 0.264. The van der Waals surface area contributed by atoms with Gasteiger partial charge in [0.1, 0.15) is 0 Å². The Kier molecular flexibility index (Phi) is 2.81. The van der Waals surface area contributed by atoms with Crippen LogP contribution in [0.25, 0.3) is 54.6 Å². The van der Waals surface area contributed by atoms with Gasteiger partial charge < -0.3 is 0 Å². The number of fused-ring (bicyclic) bond motifs is 2. The molecule has 2 spiro atoms. The fraction of sp³-hybridized carbons (Fsp3) is 0.283. The van der Waals surface area contributed by atoms with Crippen molar-refractivity contribution < 1.29 is 0 Å². The summed E-state index contributed by atoms with van der Waals surface area (Å²) < 4.78 is 0. The molecule has 53 heavy (non-hydrogen) atoms. The van der Waals surface area contributed by atoms with Gasteiger partial charge in [0, 0.05) is 34.5 Å². The van der Waals surface area contributed by atoms with E-state index in [1.54, 1.807) is 88.0 Å². The van der Waals surface area contributed by atoms with Gasteiger partial charge in [-0.05, 0) is 187 Å². The molecule has 0 amide bonds. The minimum absolute atomic E-state index is 0.264. The van der Waals surface area contributed by atoms with Crippen LogP contribution in [0.2, 0.25) is 0 Å². The Labute approximate surface area is 305 Å². The molecule has 0 saturated heterocycles. The van der Waals surface area contributed by atoms with Crippen LogP contribution in [0.4, 0.5) is 0 Å². The average Bonchev–Trinajstić information content (AvgIpc) is 3.46. The highest BCUT2D eigenvalue weighted by molar-refractivity contribution is 6.38. The maximum absolute atomic E-state index is 2.94. The standard InChI is InChI=1S/C53H30/c1-3-7-18(8-4-1)46-48-25-14-21-11-22-15-26-33-37-28(22)27(21)36-32(25)44-42-38-34-29-20(12-23-16-52(46,48)50(44)30(23)34)13-24-17-53(47(49(26)53)19-9-5-2-6-10-19)51-31(24)35(29)39(38)43(45(33)51)41(37)40(36)42/h1-10,12-15,20,25-26,29,32-33,46-49H,11,16-17H2. The first-order valence-corrected chi connectivity index (χ1v) is 21.0. The van der Waals surface area contributed by atoms with Crippen LogP contribution in [-0.2, 0) is 10.8 Å². The summed E-state index contributed by atoms with van der Waals surface area (Å²) in [7, 11) is 0. The van der Waals surface area contributed by atoms with Crippen LogP contribution >= 0.6 is 0 Å². The molecule has 14 aliphatic rings. The number of benzene rings is 6. The maximum Gasteiger partial charge on any atom is 0.0212 e. The molecule has 242 valence electrons. The van der Waals surface area contributed by atoms with Crippen LogP contribution in [0.3, 0.4) is 0 Å². The molecule has 2 fully saturated rings. The second-order valence-electron chi connectivity index (χ2n) is 20.4. The number of rotatable bonds is 2. The van der Waals surface area contributed by atoms with Crippen molar-refractivity contribution in [3.05, 3.63) is 163 Å². The van der Waals surface area contributed by atoms with E-state index in [1.165, 1.54) is 19.3 Å². The largest absolute Gasteiger partial charge is 0.0760 e. The van der Waals surface area contributed by atoms with Crippen molar-refractivity contribution in [3.8, 4) is 0 Å². The van der Waals surface area contributed by atoms with Gasteiger partial charge in [0.2, 0.25) is 0 Å². The van der Waals surface area contributed by atoms with Gasteiger partial charge in [0.25, 0.3) is 0 Å². The van der Waals surface area contributed by atoms with E-state index in [4.69, 9.17) is 0 Å². The van der Waals surface area contributed by atoms with Gasteiger partial charge in [-0.1, -0.05) is 85.0 Å². The summed E-state index contributed by atoms with van der Waals surface area (Å²) in [5.74, 6) is 6.03. The normalized spacial score (nSPS) is 41.2. The molecular formula is C53H30. The minimum Gasteiger partial charge on any atom is -0.0760 e. The average molecular weight is 667 g/mol. The summed E-state index contributed by atoms with van der Waals surface area (Å²) in [6.07, 6.45) is 15.3. The molecule has 0 heteroatoms. The fourth-order valence-electron chi connectivity index (χ4n) is 19.1. The van der Waals surface area contributed by atoms with E-state index >= 15 is 0 Å². The third-order valence-electron chi connectivity index (χ3n) is 19.6. The maximum atomic E-state index is 2.94. The van der Waals surface area contributed by atoms with Crippen molar-refractivity contribution >= 4 is 54.6 Å². The zero-order valence-electron chi connectivity index (χ0n) is 29.0. The summed E-state index contributed by atoms with van der Waals surface area (Å²) in [5.41, 5.74) is 32.5. The van der Waals surface area contributed by atoms with Gasteiger partial charge in [-0.15, -0.1) is 0 Å². The Bertz CT molecular complexity index is 3140. The van der Waals surface area contributed by atoms with Crippen molar-refractivity contribution in [1.82, 2.24) is 0 Å². The van der Waals surface area contributed by atoms with E-state index in [0.29, 0.717) is 59.2 Å². The molecule has 0 aliphatic heterocycles. The predicted molar refractivity (Wildman–Crippen MR) is 209 cm³/mol. The first-order valence-electron chi connectivity index (χ1n) is 21.0. The molecule has 10 atom stereocenters. The second kappa shape index (κ2) is 6.28. The van der Waals surface area contributed by atoms with Gasteiger partial charge in [0.15, 0.2) is 0 Å².